The van der Waals surface area contributed by atoms with Crippen LogP contribution < -0.4 is 10.6 Å². The lowest BCUT2D eigenvalue weighted by atomic mass is 9.93. The average Bonchev–Trinajstić information content (AvgIpc) is 3.10. The molecular weight excluding hydrogens is 404 g/mol. The second kappa shape index (κ2) is 8.65. The zero-order valence-electron chi connectivity index (χ0n) is 17.9. The minimum atomic E-state index is -0.817. The summed E-state index contributed by atoms with van der Waals surface area (Å²) in [6, 6.07) is 5.40. The van der Waals surface area contributed by atoms with Crippen LogP contribution in [0.3, 0.4) is 0 Å². The molecule has 1 aromatic carbocycles. The fourth-order valence-corrected chi connectivity index (χ4v) is 3.07. The number of aliphatic hydroxyl groups is 1. The van der Waals surface area contributed by atoms with Crippen LogP contribution in [0.25, 0.3) is 11.2 Å². The Labute approximate surface area is 181 Å². The molecule has 0 aliphatic carbocycles. The van der Waals surface area contributed by atoms with Crippen LogP contribution in [-0.4, -0.2) is 41.9 Å². The van der Waals surface area contributed by atoms with E-state index < -0.39 is 5.60 Å². The predicted octanol–water partition coefficient (Wildman–Crippen LogP) is 4.20. The second-order valence-electron chi connectivity index (χ2n) is 8.35. The molecule has 1 unspecified atom stereocenters. The third-order valence-electron chi connectivity index (χ3n) is 5.27. The van der Waals surface area contributed by atoms with Crippen LogP contribution in [0.5, 0.6) is 5.75 Å². The van der Waals surface area contributed by atoms with Gasteiger partial charge >= 0.3 is 0 Å². The molecule has 9 heteroatoms. The SMILES string of the molecule is CC(C)n1cnc2c(NCc3cccc(Cl)c3O)nc(NCC(C)C(C)(C)O)nc21. The van der Waals surface area contributed by atoms with E-state index in [4.69, 9.17) is 11.6 Å². The standard InChI is InChI=1S/C21H29ClN6O2/c1-12(2)28-11-25-16-18(23-10-14-7-6-8-15(22)17(14)29)26-20(27-19(16)28)24-9-13(3)21(4,5)30/h6-8,11-13,29-30H,9-10H2,1-5H3,(H2,23,24,26,27). The zero-order valence-corrected chi connectivity index (χ0v) is 18.7. The topological polar surface area (TPSA) is 108 Å². The van der Waals surface area contributed by atoms with Gasteiger partial charge in [0.25, 0.3) is 0 Å². The minimum Gasteiger partial charge on any atom is -0.506 e. The van der Waals surface area contributed by atoms with E-state index in [1.807, 2.05) is 11.5 Å². The zero-order chi connectivity index (χ0) is 22.1. The molecule has 0 amide bonds. The molecule has 162 valence electrons. The monoisotopic (exact) mass is 432 g/mol. The Bertz CT molecular complexity index is 1030. The van der Waals surface area contributed by atoms with Crippen molar-refractivity contribution in [3.8, 4) is 5.75 Å². The van der Waals surface area contributed by atoms with Gasteiger partial charge in [0.15, 0.2) is 17.0 Å². The summed E-state index contributed by atoms with van der Waals surface area (Å²) in [5.74, 6) is 1.03. The Balaban J connectivity index is 1.92. The number of hydrogen-bond donors (Lipinski definition) is 4. The summed E-state index contributed by atoms with van der Waals surface area (Å²) in [6.07, 6.45) is 1.75. The molecule has 0 fully saturated rings. The maximum Gasteiger partial charge on any atom is 0.226 e. The van der Waals surface area contributed by atoms with E-state index in [1.165, 1.54) is 0 Å². The lowest BCUT2D eigenvalue weighted by Gasteiger charge is -2.26. The van der Waals surface area contributed by atoms with Gasteiger partial charge in [-0.25, -0.2) is 4.98 Å². The van der Waals surface area contributed by atoms with Crippen molar-refractivity contribution in [2.45, 2.75) is 52.8 Å². The van der Waals surface area contributed by atoms with Gasteiger partial charge in [-0.15, -0.1) is 0 Å². The first-order valence-electron chi connectivity index (χ1n) is 9.99. The van der Waals surface area contributed by atoms with Gasteiger partial charge in [-0.2, -0.15) is 9.97 Å². The van der Waals surface area contributed by atoms with Gasteiger partial charge in [0.05, 0.1) is 17.0 Å². The Hall–Kier alpha value is -2.58. The maximum absolute atomic E-state index is 10.2. The van der Waals surface area contributed by atoms with Crippen LogP contribution in [0.2, 0.25) is 5.02 Å². The van der Waals surface area contributed by atoms with Gasteiger partial charge in [-0.1, -0.05) is 30.7 Å². The highest BCUT2D eigenvalue weighted by Gasteiger charge is 2.23. The molecule has 0 spiro atoms. The molecule has 0 aliphatic heterocycles. The number of phenols is 1. The molecule has 2 heterocycles. The number of para-hydroxylation sites is 1. The largest absolute Gasteiger partial charge is 0.506 e. The van der Waals surface area contributed by atoms with Crippen LogP contribution in [0.15, 0.2) is 24.5 Å². The highest BCUT2D eigenvalue weighted by Crippen LogP contribution is 2.29. The molecule has 0 radical (unpaired) electrons. The summed E-state index contributed by atoms with van der Waals surface area (Å²) in [6.45, 7) is 10.5. The number of benzene rings is 1. The molecule has 3 aromatic rings. The van der Waals surface area contributed by atoms with Crippen molar-refractivity contribution in [3.05, 3.63) is 35.1 Å². The smallest absolute Gasteiger partial charge is 0.226 e. The number of aromatic hydroxyl groups is 1. The normalized spacial score (nSPS) is 13.1. The molecule has 0 saturated heterocycles. The molecule has 3 rings (SSSR count). The van der Waals surface area contributed by atoms with Crippen molar-refractivity contribution in [1.29, 1.82) is 0 Å². The minimum absolute atomic E-state index is 0.00776. The van der Waals surface area contributed by atoms with Crippen molar-refractivity contribution in [1.82, 2.24) is 19.5 Å². The van der Waals surface area contributed by atoms with Crippen molar-refractivity contribution in [2.75, 3.05) is 17.2 Å². The Kier molecular flexibility index (Phi) is 6.38. The van der Waals surface area contributed by atoms with Gasteiger partial charge in [-0.3, -0.25) is 0 Å². The van der Waals surface area contributed by atoms with Crippen molar-refractivity contribution >= 4 is 34.5 Å². The summed E-state index contributed by atoms with van der Waals surface area (Å²) < 4.78 is 1.98. The van der Waals surface area contributed by atoms with Crippen molar-refractivity contribution < 1.29 is 10.2 Å². The van der Waals surface area contributed by atoms with Crippen LogP contribution in [0.4, 0.5) is 11.8 Å². The van der Waals surface area contributed by atoms with E-state index in [0.717, 1.165) is 0 Å². The van der Waals surface area contributed by atoms with Gasteiger partial charge < -0.3 is 25.4 Å². The highest BCUT2D eigenvalue weighted by molar-refractivity contribution is 6.32. The van der Waals surface area contributed by atoms with Crippen molar-refractivity contribution in [2.24, 2.45) is 5.92 Å². The first kappa shape index (κ1) is 22.1. The number of phenolic OH excluding ortho intramolecular Hbond substituents is 1. The Morgan fingerprint density at radius 2 is 1.90 bits per heavy atom. The molecule has 0 saturated carbocycles. The fraction of sp³-hybridized carbons (Fsp3) is 0.476. The quantitative estimate of drug-likeness (QED) is 0.422. The Morgan fingerprint density at radius 3 is 2.57 bits per heavy atom. The molecule has 2 aromatic heterocycles. The lowest BCUT2D eigenvalue weighted by Crippen LogP contribution is -2.33. The maximum atomic E-state index is 10.2. The number of rotatable bonds is 8. The van der Waals surface area contributed by atoms with Gasteiger partial charge in [0, 0.05) is 30.6 Å². The van der Waals surface area contributed by atoms with Gasteiger partial charge in [-0.05, 0) is 33.8 Å². The van der Waals surface area contributed by atoms with Crippen molar-refractivity contribution in [3.63, 3.8) is 0 Å². The van der Waals surface area contributed by atoms with E-state index in [2.05, 4.69) is 39.4 Å². The molecule has 4 N–H and O–H groups in total. The lowest BCUT2D eigenvalue weighted by molar-refractivity contribution is 0.0303. The van der Waals surface area contributed by atoms with E-state index in [9.17, 15) is 10.2 Å². The van der Waals surface area contributed by atoms with Crippen LogP contribution in [-0.2, 0) is 6.54 Å². The Morgan fingerprint density at radius 1 is 1.17 bits per heavy atom. The number of nitrogens with zero attached hydrogens (tertiary/aromatic N) is 4. The molecule has 30 heavy (non-hydrogen) atoms. The summed E-state index contributed by atoms with van der Waals surface area (Å²) in [5.41, 5.74) is 1.19. The molecular formula is C21H29ClN6O2. The average molecular weight is 433 g/mol. The third-order valence-corrected chi connectivity index (χ3v) is 5.57. The van der Waals surface area contributed by atoms with Gasteiger partial charge in [0.2, 0.25) is 5.95 Å². The number of hydrogen-bond acceptors (Lipinski definition) is 7. The number of imidazole rings is 1. The summed E-state index contributed by atoms with van der Waals surface area (Å²) in [7, 11) is 0. The van der Waals surface area contributed by atoms with E-state index >= 15 is 0 Å². The highest BCUT2D eigenvalue weighted by atomic mass is 35.5. The number of fused-ring (bicyclic) bond motifs is 1. The van der Waals surface area contributed by atoms with Crippen LogP contribution >= 0.6 is 11.6 Å². The third kappa shape index (κ3) is 4.76. The first-order chi connectivity index (χ1) is 14.1. The summed E-state index contributed by atoms with van der Waals surface area (Å²) in [5, 5.41) is 27.1. The van der Waals surface area contributed by atoms with Crippen LogP contribution in [0, 0.1) is 5.92 Å². The molecule has 0 aliphatic rings. The predicted molar refractivity (Wildman–Crippen MR) is 120 cm³/mol. The molecule has 0 bridgehead atoms. The second-order valence-corrected chi connectivity index (χ2v) is 8.76. The number of halogens is 1. The van der Waals surface area contributed by atoms with E-state index in [0.29, 0.717) is 46.6 Å². The van der Waals surface area contributed by atoms with E-state index in [-0.39, 0.29) is 17.7 Å². The number of aromatic nitrogens is 4. The fourth-order valence-electron chi connectivity index (χ4n) is 2.87. The summed E-state index contributed by atoms with van der Waals surface area (Å²) >= 11 is 6.01. The first-order valence-corrected chi connectivity index (χ1v) is 10.4. The van der Waals surface area contributed by atoms with Crippen LogP contribution in [0.1, 0.15) is 46.2 Å². The molecule has 8 nitrogen and oxygen atoms in total. The molecule has 1 atom stereocenters. The number of anilines is 2. The summed E-state index contributed by atoms with van der Waals surface area (Å²) in [4.78, 5) is 13.7. The van der Waals surface area contributed by atoms with E-state index in [1.54, 1.807) is 38.4 Å². The van der Waals surface area contributed by atoms with Gasteiger partial charge in [0.1, 0.15) is 5.75 Å². The number of nitrogens with one attached hydrogen (secondary N) is 2.